The molecular formula is C16H20N2O4. The number of benzene rings is 1. The van der Waals surface area contributed by atoms with E-state index in [2.05, 4.69) is 5.32 Å². The van der Waals surface area contributed by atoms with Gasteiger partial charge in [0.15, 0.2) is 11.5 Å². The zero-order valence-corrected chi connectivity index (χ0v) is 13.0. The number of amides is 2. The number of para-hydroxylation sites is 1. The van der Waals surface area contributed by atoms with Crippen LogP contribution >= 0.6 is 0 Å². The second-order valence-corrected chi connectivity index (χ2v) is 4.90. The van der Waals surface area contributed by atoms with Crippen molar-refractivity contribution < 1.29 is 19.1 Å². The van der Waals surface area contributed by atoms with Gasteiger partial charge in [-0.2, -0.15) is 0 Å². The zero-order valence-electron chi connectivity index (χ0n) is 13.0. The number of hydrogen-bond acceptors (Lipinski definition) is 4. The van der Waals surface area contributed by atoms with Gasteiger partial charge < -0.3 is 19.7 Å². The minimum absolute atomic E-state index is 0.0124. The van der Waals surface area contributed by atoms with Crippen LogP contribution in [-0.4, -0.2) is 50.6 Å². The third kappa shape index (κ3) is 3.39. The lowest BCUT2D eigenvalue weighted by atomic mass is 10.1. The molecule has 0 bridgehead atoms. The quantitative estimate of drug-likeness (QED) is 0.883. The first-order valence-electron chi connectivity index (χ1n) is 7.12. The van der Waals surface area contributed by atoms with Crippen LogP contribution in [0.25, 0.3) is 6.08 Å². The Balaban J connectivity index is 2.19. The Bertz CT molecular complexity index is 610. The molecule has 118 valence electrons. The van der Waals surface area contributed by atoms with Crippen molar-refractivity contribution in [3.05, 3.63) is 29.3 Å². The molecule has 0 atom stereocenters. The number of fused-ring (bicyclic) bond motifs is 1. The topological polar surface area (TPSA) is 67.9 Å². The molecule has 0 fully saturated rings. The van der Waals surface area contributed by atoms with E-state index in [9.17, 15) is 9.59 Å². The van der Waals surface area contributed by atoms with Gasteiger partial charge in [-0.25, -0.2) is 0 Å². The Labute approximate surface area is 129 Å². The summed E-state index contributed by atoms with van der Waals surface area (Å²) in [5, 5.41) is 2.49. The Morgan fingerprint density at radius 1 is 1.41 bits per heavy atom. The maximum atomic E-state index is 12.3. The van der Waals surface area contributed by atoms with E-state index in [4.69, 9.17) is 9.47 Å². The van der Waals surface area contributed by atoms with Crippen molar-refractivity contribution in [1.29, 1.82) is 0 Å². The molecule has 2 rings (SSSR count). The van der Waals surface area contributed by atoms with Gasteiger partial charge in [-0.05, 0) is 19.1 Å². The number of ether oxygens (including phenoxy) is 2. The molecule has 6 heteroatoms. The molecule has 0 spiro atoms. The number of nitrogens with one attached hydrogen (secondary N) is 1. The summed E-state index contributed by atoms with van der Waals surface area (Å²) in [7, 11) is 3.12. The smallest absolute Gasteiger partial charge is 0.253 e. The van der Waals surface area contributed by atoms with Crippen molar-refractivity contribution in [3.63, 3.8) is 0 Å². The van der Waals surface area contributed by atoms with Gasteiger partial charge in [0.1, 0.15) is 6.61 Å². The molecule has 22 heavy (non-hydrogen) atoms. The number of carbonyl (C=O) groups excluding carboxylic acids is 2. The fraction of sp³-hybridized carbons (Fsp3) is 0.375. The average Bonchev–Trinajstić information content (AvgIpc) is 2.54. The van der Waals surface area contributed by atoms with Gasteiger partial charge in [0, 0.05) is 19.7 Å². The highest BCUT2D eigenvalue weighted by molar-refractivity contribution is 6.00. The molecule has 1 aliphatic heterocycles. The summed E-state index contributed by atoms with van der Waals surface area (Å²) in [6.45, 7) is 2.62. The highest BCUT2D eigenvalue weighted by atomic mass is 16.5. The molecule has 0 saturated carbocycles. The summed E-state index contributed by atoms with van der Waals surface area (Å²) in [6, 6.07) is 5.55. The summed E-state index contributed by atoms with van der Waals surface area (Å²) in [4.78, 5) is 25.1. The van der Waals surface area contributed by atoms with Crippen LogP contribution in [0.1, 0.15) is 12.5 Å². The minimum atomic E-state index is -0.226. The van der Waals surface area contributed by atoms with Crippen molar-refractivity contribution >= 4 is 17.9 Å². The van der Waals surface area contributed by atoms with Crippen molar-refractivity contribution in [2.24, 2.45) is 0 Å². The lowest BCUT2D eigenvalue weighted by Crippen LogP contribution is -2.38. The minimum Gasteiger partial charge on any atom is -0.490 e. The summed E-state index contributed by atoms with van der Waals surface area (Å²) >= 11 is 0. The van der Waals surface area contributed by atoms with Crippen LogP contribution in [0.3, 0.4) is 0 Å². The molecule has 6 nitrogen and oxygen atoms in total. The monoisotopic (exact) mass is 304 g/mol. The number of likely N-dealkylation sites (N-methyl/N-ethyl adjacent to an activating group) is 2. The van der Waals surface area contributed by atoms with Crippen molar-refractivity contribution in [1.82, 2.24) is 10.2 Å². The molecule has 1 heterocycles. The summed E-state index contributed by atoms with van der Waals surface area (Å²) in [5.74, 6) is 0.875. The maximum absolute atomic E-state index is 12.3. The van der Waals surface area contributed by atoms with E-state index in [1.54, 1.807) is 13.1 Å². The summed E-state index contributed by atoms with van der Waals surface area (Å²) < 4.78 is 11.2. The van der Waals surface area contributed by atoms with Gasteiger partial charge in [-0.1, -0.05) is 12.1 Å². The van der Waals surface area contributed by atoms with Crippen LogP contribution in [0, 0.1) is 0 Å². The molecule has 1 aromatic carbocycles. The number of nitrogens with zero attached hydrogens (tertiary/aromatic N) is 1. The van der Waals surface area contributed by atoms with Crippen LogP contribution in [0.2, 0.25) is 0 Å². The Kier molecular flexibility index (Phi) is 5.04. The Morgan fingerprint density at radius 2 is 2.18 bits per heavy atom. The van der Waals surface area contributed by atoms with Crippen LogP contribution in [-0.2, 0) is 9.59 Å². The molecule has 0 saturated heterocycles. The molecule has 0 aliphatic carbocycles. The van der Waals surface area contributed by atoms with Gasteiger partial charge in [0.25, 0.3) is 5.91 Å². The molecule has 1 N–H and O–H groups in total. The lowest BCUT2D eigenvalue weighted by Gasteiger charge is -2.23. The first-order valence-corrected chi connectivity index (χ1v) is 7.12. The highest BCUT2D eigenvalue weighted by Crippen LogP contribution is 2.35. The second kappa shape index (κ2) is 6.98. The predicted octanol–water partition coefficient (Wildman–Crippen LogP) is 1.07. The third-order valence-electron chi connectivity index (χ3n) is 3.29. The van der Waals surface area contributed by atoms with Crippen LogP contribution < -0.4 is 14.8 Å². The molecular weight excluding hydrogens is 284 g/mol. The van der Waals surface area contributed by atoms with E-state index in [1.165, 1.54) is 11.9 Å². The maximum Gasteiger partial charge on any atom is 0.253 e. The van der Waals surface area contributed by atoms with Crippen molar-refractivity contribution in [3.8, 4) is 11.5 Å². The van der Waals surface area contributed by atoms with E-state index in [1.807, 2.05) is 25.1 Å². The molecule has 0 radical (unpaired) electrons. The van der Waals surface area contributed by atoms with Gasteiger partial charge in [-0.3, -0.25) is 9.59 Å². The molecule has 1 aliphatic rings. The third-order valence-corrected chi connectivity index (χ3v) is 3.29. The van der Waals surface area contributed by atoms with Gasteiger partial charge in [-0.15, -0.1) is 0 Å². The largest absolute Gasteiger partial charge is 0.490 e. The summed E-state index contributed by atoms with van der Waals surface area (Å²) in [6.07, 6.45) is 1.78. The lowest BCUT2D eigenvalue weighted by molar-refractivity contribution is -0.131. The zero-order chi connectivity index (χ0) is 16.1. The van der Waals surface area contributed by atoms with Gasteiger partial charge >= 0.3 is 0 Å². The Hall–Kier alpha value is -2.50. The molecule has 0 unspecified atom stereocenters. The SMILES string of the molecule is CCOc1cccc2c1OCC(C(=O)N(C)CC(=O)NC)=C2. The fourth-order valence-corrected chi connectivity index (χ4v) is 2.18. The van der Waals surface area contributed by atoms with Gasteiger partial charge in [0.2, 0.25) is 5.91 Å². The van der Waals surface area contributed by atoms with E-state index >= 15 is 0 Å². The highest BCUT2D eigenvalue weighted by Gasteiger charge is 2.23. The van der Waals surface area contributed by atoms with Crippen LogP contribution in [0.15, 0.2) is 23.8 Å². The van der Waals surface area contributed by atoms with Crippen molar-refractivity contribution in [2.75, 3.05) is 33.9 Å². The van der Waals surface area contributed by atoms with E-state index in [0.29, 0.717) is 23.7 Å². The normalized spacial score (nSPS) is 12.6. The first kappa shape index (κ1) is 15.9. The van der Waals surface area contributed by atoms with E-state index in [-0.39, 0.29) is 25.0 Å². The number of rotatable bonds is 5. The molecule has 2 amide bonds. The molecule has 1 aromatic rings. The van der Waals surface area contributed by atoms with E-state index < -0.39 is 0 Å². The van der Waals surface area contributed by atoms with E-state index in [0.717, 1.165) is 5.56 Å². The van der Waals surface area contributed by atoms with Crippen LogP contribution in [0.4, 0.5) is 0 Å². The number of carbonyl (C=O) groups is 2. The Morgan fingerprint density at radius 3 is 2.86 bits per heavy atom. The first-order chi connectivity index (χ1) is 10.6. The predicted molar refractivity (Wildman–Crippen MR) is 82.8 cm³/mol. The van der Waals surface area contributed by atoms with Crippen molar-refractivity contribution in [2.45, 2.75) is 6.92 Å². The average molecular weight is 304 g/mol. The fourth-order valence-electron chi connectivity index (χ4n) is 2.18. The van der Waals surface area contributed by atoms with Gasteiger partial charge in [0.05, 0.1) is 18.7 Å². The standard InChI is InChI=1S/C16H20N2O4/c1-4-21-13-7-5-6-11-8-12(10-22-15(11)13)16(20)18(3)9-14(19)17-2/h5-8H,4,9-10H2,1-3H3,(H,17,19). The summed E-state index contributed by atoms with van der Waals surface area (Å²) in [5.41, 5.74) is 1.31. The molecule has 0 aromatic heterocycles. The second-order valence-electron chi connectivity index (χ2n) is 4.90. The van der Waals surface area contributed by atoms with Crippen LogP contribution in [0.5, 0.6) is 11.5 Å². The number of hydrogen-bond donors (Lipinski definition) is 1.